The summed E-state index contributed by atoms with van der Waals surface area (Å²) < 4.78 is 14.6. The largest absolute Gasteiger partial charge is 0.366 e. The molecule has 132 valence electrons. The number of anilines is 1. The molecular formula is C18H11BrFN7. The standard InChI is InChI=1S/C18H11BrFN7/c19-8-3-11-13(7-24-17(11)23-5-8)15-16(26-27-18(21)25-15)12-6-22-14-2-1-9(20)4-10(12)14/h1-7,22H,(H,23,24)(H2,21,25,27). The van der Waals surface area contributed by atoms with Crippen LogP contribution in [0, 0.1) is 5.82 Å². The number of nitrogen functional groups attached to an aromatic ring is 1. The molecule has 0 atom stereocenters. The number of halogens is 2. The van der Waals surface area contributed by atoms with Gasteiger partial charge < -0.3 is 15.7 Å². The molecule has 0 aliphatic carbocycles. The van der Waals surface area contributed by atoms with E-state index in [4.69, 9.17) is 5.73 Å². The predicted octanol–water partition coefficient (Wildman–Crippen LogP) is 4.05. The smallest absolute Gasteiger partial charge is 0.240 e. The first-order valence-electron chi connectivity index (χ1n) is 8.00. The molecule has 7 nitrogen and oxygen atoms in total. The maximum atomic E-state index is 13.8. The number of rotatable bonds is 2. The molecule has 0 aliphatic heterocycles. The Labute approximate surface area is 160 Å². The van der Waals surface area contributed by atoms with Crippen LogP contribution in [0.5, 0.6) is 0 Å². The van der Waals surface area contributed by atoms with Gasteiger partial charge in [-0.05, 0) is 40.2 Å². The summed E-state index contributed by atoms with van der Waals surface area (Å²) in [4.78, 5) is 15.0. The quantitative estimate of drug-likeness (QED) is 0.396. The molecule has 0 radical (unpaired) electrons. The van der Waals surface area contributed by atoms with E-state index >= 15 is 0 Å². The Morgan fingerprint density at radius 3 is 2.67 bits per heavy atom. The molecular weight excluding hydrogens is 413 g/mol. The summed E-state index contributed by atoms with van der Waals surface area (Å²) in [7, 11) is 0. The highest BCUT2D eigenvalue weighted by molar-refractivity contribution is 9.10. The molecule has 0 saturated heterocycles. The molecule has 5 rings (SSSR count). The van der Waals surface area contributed by atoms with E-state index in [9.17, 15) is 4.39 Å². The second-order valence-electron chi connectivity index (χ2n) is 6.01. The first-order valence-corrected chi connectivity index (χ1v) is 8.79. The first kappa shape index (κ1) is 15.9. The second kappa shape index (κ2) is 5.85. The van der Waals surface area contributed by atoms with Crippen LogP contribution in [0.1, 0.15) is 0 Å². The van der Waals surface area contributed by atoms with Gasteiger partial charge in [0.15, 0.2) is 0 Å². The van der Waals surface area contributed by atoms with E-state index < -0.39 is 0 Å². The fourth-order valence-electron chi connectivity index (χ4n) is 3.17. The molecule has 9 heteroatoms. The van der Waals surface area contributed by atoms with Crippen LogP contribution in [-0.4, -0.2) is 30.1 Å². The molecule has 0 bridgehead atoms. The number of pyridine rings is 1. The van der Waals surface area contributed by atoms with Gasteiger partial charge in [0.1, 0.15) is 22.9 Å². The summed E-state index contributed by atoms with van der Waals surface area (Å²) in [6, 6.07) is 6.47. The minimum Gasteiger partial charge on any atom is -0.366 e. The van der Waals surface area contributed by atoms with Crippen LogP contribution in [-0.2, 0) is 0 Å². The fourth-order valence-corrected chi connectivity index (χ4v) is 3.50. The Morgan fingerprint density at radius 2 is 1.78 bits per heavy atom. The average Bonchev–Trinajstić information content (AvgIpc) is 3.25. The molecule has 4 aromatic heterocycles. The van der Waals surface area contributed by atoms with Crippen molar-refractivity contribution in [2.45, 2.75) is 0 Å². The zero-order valence-corrected chi connectivity index (χ0v) is 15.2. The van der Waals surface area contributed by atoms with E-state index in [0.717, 1.165) is 20.9 Å². The van der Waals surface area contributed by atoms with Gasteiger partial charge in [0.2, 0.25) is 5.95 Å². The zero-order chi connectivity index (χ0) is 18.5. The van der Waals surface area contributed by atoms with Crippen LogP contribution in [0.3, 0.4) is 0 Å². The molecule has 0 saturated carbocycles. The van der Waals surface area contributed by atoms with Gasteiger partial charge in [0.25, 0.3) is 0 Å². The molecule has 0 aliphatic rings. The van der Waals surface area contributed by atoms with E-state index in [1.807, 2.05) is 6.07 Å². The zero-order valence-electron chi connectivity index (χ0n) is 13.7. The molecule has 4 heterocycles. The Morgan fingerprint density at radius 1 is 0.963 bits per heavy atom. The monoisotopic (exact) mass is 423 g/mol. The highest BCUT2D eigenvalue weighted by Crippen LogP contribution is 2.37. The van der Waals surface area contributed by atoms with Crippen LogP contribution in [0.15, 0.2) is 47.3 Å². The Bertz CT molecular complexity index is 1320. The minimum absolute atomic E-state index is 0.0528. The molecule has 1 aromatic carbocycles. The Kier molecular flexibility index (Phi) is 3.44. The van der Waals surface area contributed by atoms with Gasteiger partial charge in [-0.25, -0.2) is 14.4 Å². The minimum atomic E-state index is -0.332. The summed E-state index contributed by atoms with van der Waals surface area (Å²) in [5.41, 5.74) is 9.82. The average molecular weight is 424 g/mol. The lowest BCUT2D eigenvalue weighted by Crippen LogP contribution is -2.02. The summed E-state index contributed by atoms with van der Waals surface area (Å²) in [5.74, 6) is -0.279. The number of fused-ring (bicyclic) bond motifs is 2. The number of hydrogen-bond donors (Lipinski definition) is 3. The Hall–Kier alpha value is -3.33. The lowest BCUT2D eigenvalue weighted by molar-refractivity contribution is 0.630. The van der Waals surface area contributed by atoms with Crippen molar-refractivity contribution in [3.05, 3.63) is 53.1 Å². The van der Waals surface area contributed by atoms with Crippen LogP contribution in [0.25, 0.3) is 44.5 Å². The van der Waals surface area contributed by atoms with Crippen molar-refractivity contribution >= 4 is 43.8 Å². The number of hydrogen-bond acceptors (Lipinski definition) is 5. The number of nitrogens with two attached hydrogens (primary N) is 1. The molecule has 4 N–H and O–H groups in total. The van der Waals surface area contributed by atoms with E-state index in [2.05, 4.69) is 46.1 Å². The maximum absolute atomic E-state index is 13.8. The first-order chi connectivity index (χ1) is 13.1. The van der Waals surface area contributed by atoms with Crippen molar-refractivity contribution in [1.82, 2.24) is 30.1 Å². The summed E-state index contributed by atoms with van der Waals surface area (Å²) >= 11 is 3.44. The van der Waals surface area contributed by atoms with Crippen molar-refractivity contribution in [2.24, 2.45) is 0 Å². The number of nitrogens with zero attached hydrogens (tertiary/aromatic N) is 4. The van der Waals surface area contributed by atoms with Gasteiger partial charge in [0, 0.05) is 50.5 Å². The lowest BCUT2D eigenvalue weighted by Gasteiger charge is -2.07. The second-order valence-corrected chi connectivity index (χ2v) is 6.93. The van der Waals surface area contributed by atoms with Gasteiger partial charge in [-0.3, -0.25) is 0 Å². The molecule has 0 amide bonds. The maximum Gasteiger partial charge on any atom is 0.240 e. The predicted molar refractivity (Wildman–Crippen MR) is 104 cm³/mol. The van der Waals surface area contributed by atoms with E-state index in [1.165, 1.54) is 12.1 Å². The van der Waals surface area contributed by atoms with Crippen LogP contribution in [0.4, 0.5) is 10.3 Å². The normalized spacial score (nSPS) is 11.5. The molecule has 0 fully saturated rings. The third-order valence-electron chi connectivity index (χ3n) is 4.35. The van der Waals surface area contributed by atoms with Gasteiger partial charge in [-0.15, -0.1) is 10.2 Å². The molecule has 5 aromatic rings. The van der Waals surface area contributed by atoms with E-state index in [0.29, 0.717) is 28.0 Å². The summed E-state index contributed by atoms with van der Waals surface area (Å²) in [5, 5.41) is 9.72. The summed E-state index contributed by atoms with van der Waals surface area (Å²) in [6.07, 6.45) is 5.27. The van der Waals surface area contributed by atoms with E-state index in [1.54, 1.807) is 24.7 Å². The number of aromatic nitrogens is 6. The lowest BCUT2D eigenvalue weighted by atomic mass is 10.0. The van der Waals surface area contributed by atoms with Crippen LogP contribution in [0.2, 0.25) is 0 Å². The topological polar surface area (TPSA) is 109 Å². The Balaban J connectivity index is 1.82. The number of aromatic amines is 2. The number of H-pyrrole nitrogens is 2. The number of benzene rings is 1. The third kappa shape index (κ3) is 2.55. The third-order valence-corrected chi connectivity index (χ3v) is 4.79. The van der Waals surface area contributed by atoms with Gasteiger partial charge in [-0.1, -0.05) is 0 Å². The highest BCUT2D eigenvalue weighted by Gasteiger charge is 2.19. The molecule has 0 unspecified atom stereocenters. The van der Waals surface area contributed by atoms with Gasteiger partial charge in [0.05, 0.1) is 0 Å². The molecule has 0 spiro atoms. The van der Waals surface area contributed by atoms with Crippen molar-refractivity contribution in [1.29, 1.82) is 0 Å². The van der Waals surface area contributed by atoms with E-state index in [-0.39, 0.29) is 11.8 Å². The van der Waals surface area contributed by atoms with Crippen molar-refractivity contribution in [3.8, 4) is 22.5 Å². The number of nitrogens with one attached hydrogen (secondary N) is 2. The van der Waals surface area contributed by atoms with Gasteiger partial charge >= 0.3 is 0 Å². The SMILES string of the molecule is Nc1nnc(-c2c[nH]c3ccc(F)cc23)c(-c2c[nH]c3ncc(Br)cc23)n1. The van der Waals surface area contributed by atoms with Crippen LogP contribution >= 0.6 is 15.9 Å². The van der Waals surface area contributed by atoms with Crippen molar-refractivity contribution in [2.75, 3.05) is 5.73 Å². The summed E-state index contributed by atoms with van der Waals surface area (Å²) in [6.45, 7) is 0. The van der Waals surface area contributed by atoms with Crippen molar-refractivity contribution < 1.29 is 4.39 Å². The van der Waals surface area contributed by atoms with Crippen molar-refractivity contribution in [3.63, 3.8) is 0 Å². The highest BCUT2D eigenvalue weighted by atomic mass is 79.9. The fraction of sp³-hybridized carbons (Fsp3) is 0. The molecule has 27 heavy (non-hydrogen) atoms. The van der Waals surface area contributed by atoms with Crippen LogP contribution < -0.4 is 5.73 Å². The van der Waals surface area contributed by atoms with Gasteiger partial charge in [-0.2, -0.15) is 0 Å².